The quantitative estimate of drug-likeness (QED) is 0.692. The predicted molar refractivity (Wildman–Crippen MR) is 103 cm³/mol. The van der Waals surface area contributed by atoms with E-state index in [0.29, 0.717) is 23.8 Å². The molecule has 27 heavy (non-hydrogen) atoms. The molecule has 144 valence electrons. The van der Waals surface area contributed by atoms with Crippen molar-refractivity contribution in [1.29, 1.82) is 0 Å². The maximum atomic E-state index is 11.9. The first-order valence-corrected chi connectivity index (χ1v) is 8.80. The van der Waals surface area contributed by atoms with Gasteiger partial charge in [-0.1, -0.05) is 32.0 Å². The number of anilines is 1. The maximum absolute atomic E-state index is 11.9. The molecule has 2 aromatic carbocycles. The number of esters is 1. The molecular formula is C21H25NO5. The fourth-order valence-electron chi connectivity index (χ4n) is 2.50. The Morgan fingerprint density at radius 3 is 2.41 bits per heavy atom. The zero-order valence-electron chi connectivity index (χ0n) is 15.8. The van der Waals surface area contributed by atoms with Gasteiger partial charge in [-0.15, -0.1) is 0 Å². The molecule has 6 heteroatoms. The van der Waals surface area contributed by atoms with Gasteiger partial charge in [0.1, 0.15) is 0 Å². The Bertz CT molecular complexity index is 784. The van der Waals surface area contributed by atoms with Crippen LogP contribution in [0.25, 0.3) is 0 Å². The number of rotatable bonds is 8. The number of nitrogens with one attached hydrogen (secondary N) is 1. The summed E-state index contributed by atoms with van der Waals surface area (Å²) in [5.74, 6) is -0.0488. The van der Waals surface area contributed by atoms with Crippen LogP contribution in [0, 0.1) is 0 Å². The second-order valence-electron chi connectivity index (χ2n) is 6.49. The topological polar surface area (TPSA) is 84.9 Å². The van der Waals surface area contributed by atoms with Gasteiger partial charge >= 0.3 is 5.97 Å². The predicted octanol–water partition coefficient (Wildman–Crippen LogP) is 3.64. The summed E-state index contributed by atoms with van der Waals surface area (Å²) in [4.78, 5) is 23.7. The Morgan fingerprint density at radius 1 is 1.11 bits per heavy atom. The van der Waals surface area contributed by atoms with Crippen molar-refractivity contribution < 1.29 is 24.2 Å². The van der Waals surface area contributed by atoms with Gasteiger partial charge in [-0.2, -0.15) is 0 Å². The average Bonchev–Trinajstić information content (AvgIpc) is 2.65. The molecule has 0 saturated heterocycles. The molecule has 0 aromatic heterocycles. The number of aryl methyl sites for hydroxylation is 1. The number of phenolic OH excluding ortho intramolecular Hbond substituents is 1. The van der Waals surface area contributed by atoms with Crippen LogP contribution >= 0.6 is 0 Å². The summed E-state index contributed by atoms with van der Waals surface area (Å²) in [6.45, 7) is 3.86. The molecule has 0 atom stereocenters. The number of phenols is 1. The van der Waals surface area contributed by atoms with E-state index in [9.17, 15) is 14.7 Å². The van der Waals surface area contributed by atoms with Gasteiger partial charge in [-0.05, 0) is 47.7 Å². The first kappa shape index (κ1) is 20.3. The first-order chi connectivity index (χ1) is 12.9. The molecule has 0 saturated carbocycles. The van der Waals surface area contributed by atoms with E-state index in [1.165, 1.54) is 12.7 Å². The molecular weight excluding hydrogens is 346 g/mol. The first-order valence-electron chi connectivity index (χ1n) is 8.80. The Hall–Kier alpha value is -3.02. The molecule has 2 aromatic rings. The van der Waals surface area contributed by atoms with Gasteiger partial charge in [0, 0.05) is 12.1 Å². The second kappa shape index (κ2) is 9.62. The lowest BCUT2D eigenvalue weighted by Crippen LogP contribution is -2.21. The van der Waals surface area contributed by atoms with Gasteiger partial charge in [0.15, 0.2) is 18.1 Å². The minimum Gasteiger partial charge on any atom is -0.504 e. The fraction of sp³-hybridized carbons (Fsp3) is 0.333. The molecule has 0 aliphatic carbocycles. The van der Waals surface area contributed by atoms with E-state index in [4.69, 9.17) is 9.47 Å². The third-order valence-electron chi connectivity index (χ3n) is 4.09. The molecule has 0 unspecified atom stereocenters. The summed E-state index contributed by atoms with van der Waals surface area (Å²) in [5, 5.41) is 12.4. The van der Waals surface area contributed by atoms with Crippen LogP contribution in [0.5, 0.6) is 11.5 Å². The van der Waals surface area contributed by atoms with E-state index >= 15 is 0 Å². The molecule has 0 radical (unpaired) electrons. The number of hydrogen-bond donors (Lipinski definition) is 2. The van der Waals surface area contributed by atoms with Crippen LogP contribution in [0.4, 0.5) is 5.69 Å². The largest absolute Gasteiger partial charge is 0.504 e. The van der Waals surface area contributed by atoms with Crippen LogP contribution < -0.4 is 10.1 Å². The number of carbonyl (C=O) groups excluding carboxylic acids is 2. The highest BCUT2D eigenvalue weighted by atomic mass is 16.5. The van der Waals surface area contributed by atoms with Crippen molar-refractivity contribution in [3.8, 4) is 11.5 Å². The number of methoxy groups -OCH3 is 1. The molecule has 0 spiro atoms. The Labute approximate surface area is 159 Å². The van der Waals surface area contributed by atoms with Gasteiger partial charge in [-0.25, -0.2) is 0 Å². The number of ether oxygens (including phenoxy) is 2. The number of benzene rings is 2. The molecule has 0 fully saturated rings. The van der Waals surface area contributed by atoms with Gasteiger partial charge in [0.2, 0.25) is 0 Å². The SMILES string of the molecule is COc1ccc(CCC(=O)OCC(=O)Nc2ccc(C(C)C)cc2)cc1O. The highest BCUT2D eigenvalue weighted by Crippen LogP contribution is 2.26. The van der Waals surface area contributed by atoms with Crippen LogP contribution in [0.2, 0.25) is 0 Å². The summed E-state index contributed by atoms with van der Waals surface area (Å²) in [6, 6.07) is 12.5. The fourth-order valence-corrected chi connectivity index (χ4v) is 2.50. The van der Waals surface area contributed by atoms with E-state index in [0.717, 1.165) is 5.56 Å². The average molecular weight is 371 g/mol. The minimum absolute atomic E-state index is 0.0197. The van der Waals surface area contributed by atoms with Gasteiger partial charge in [-0.3, -0.25) is 9.59 Å². The minimum atomic E-state index is -0.476. The zero-order valence-corrected chi connectivity index (χ0v) is 15.8. The summed E-state index contributed by atoms with van der Waals surface area (Å²) < 4.78 is 9.97. The van der Waals surface area contributed by atoms with Crippen molar-refractivity contribution in [2.45, 2.75) is 32.6 Å². The van der Waals surface area contributed by atoms with Crippen molar-refractivity contribution in [3.63, 3.8) is 0 Å². The molecule has 0 bridgehead atoms. The Morgan fingerprint density at radius 2 is 1.81 bits per heavy atom. The van der Waals surface area contributed by atoms with Gasteiger partial charge in [0.05, 0.1) is 7.11 Å². The van der Waals surface area contributed by atoms with Crippen molar-refractivity contribution in [3.05, 3.63) is 53.6 Å². The number of amides is 1. The molecule has 0 aliphatic rings. The lowest BCUT2D eigenvalue weighted by atomic mass is 10.0. The second-order valence-corrected chi connectivity index (χ2v) is 6.49. The van der Waals surface area contributed by atoms with Crippen molar-refractivity contribution in [2.75, 3.05) is 19.0 Å². The van der Waals surface area contributed by atoms with Gasteiger partial charge in [0.25, 0.3) is 5.91 Å². The standard InChI is InChI=1S/C21H25NO5/c1-14(2)16-6-8-17(9-7-16)22-20(24)13-27-21(25)11-5-15-4-10-19(26-3)18(23)12-15/h4,6-10,12,14,23H,5,11,13H2,1-3H3,(H,22,24). The number of hydrogen-bond acceptors (Lipinski definition) is 5. The highest BCUT2D eigenvalue weighted by molar-refractivity contribution is 5.92. The molecule has 0 aliphatic heterocycles. The molecule has 2 N–H and O–H groups in total. The van der Waals surface area contributed by atoms with Crippen LogP contribution in [0.3, 0.4) is 0 Å². The van der Waals surface area contributed by atoms with Crippen LogP contribution in [0.15, 0.2) is 42.5 Å². The highest BCUT2D eigenvalue weighted by Gasteiger charge is 2.10. The normalized spacial score (nSPS) is 10.5. The van der Waals surface area contributed by atoms with E-state index in [2.05, 4.69) is 19.2 Å². The van der Waals surface area contributed by atoms with Crippen LogP contribution in [-0.4, -0.2) is 30.7 Å². The van der Waals surface area contributed by atoms with E-state index < -0.39 is 5.97 Å². The number of aromatic hydroxyl groups is 1. The molecule has 6 nitrogen and oxygen atoms in total. The maximum Gasteiger partial charge on any atom is 0.306 e. The van der Waals surface area contributed by atoms with Crippen molar-refractivity contribution in [1.82, 2.24) is 0 Å². The Kier molecular flexibility index (Phi) is 7.23. The summed E-state index contributed by atoms with van der Waals surface area (Å²) in [7, 11) is 1.47. The third kappa shape index (κ3) is 6.33. The molecule has 1 amide bonds. The van der Waals surface area contributed by atoms with Gasteiger partial charge < -0.3 is 19.9 Å². The zero-order chi connectivity index (χ0) is 19.8. The molecule has 0 heterocycles. The smallest absolute Gasteiger partial charge is 0.306 e. The van der Waals surface area contributed by atoms with Crippen LogP contribution in [0.1, 0.15) is 37.3 Å². The van der Waals surface area contributed by atoms with E-state index in [1.807, 2.05) is 24.3 Å². The summed E-state index contributed by atoms with van der Waals surface area (Å²) >= 11 is 0. The summed E-state index contributed by atoms with van der Waals surface area (Å²) in [6.07, 6.45) is 0.511. The lowest BCUT2D eigenvalue weighted by molar-refractivity contribution is -0.147. The van der Waals surface area contributed by atoms with Crippen LogP contribution in [-0.2, 0) is 20.7 Å². The number of carbonyl (C=O) groups is 2. The lowest BCUT2D eigenvalue weighted by Gasteiger charge is -2.09. The van der Waals surface area contributed by atoms with E-state index in [1.54, 1.807) is 18.2 Å². The van der Waals surface area contributed by atoms with Crippen molar-refractivity contribution >= 4 is 17.6 Å². The Balaban J connectivity index is 1.74. The third-order valence-corrected chi connectivity index (χ3v) is 4.09. The summed E-state index contributed by atoms with van der Waals surface area (Å²) in [5.41, 5.74) is 2.62. The monoisotopic (exact) mass is 371 g/mol. The van der Waals surface area contributed by atoms with Crippen molar-refractivity contribution in [2.24, 2.45) is 0 Å². The molecule has 2 rings (SSSR count). The van der Waals surface area contributed by atoms with E-state index in [-0.39, 0.29) is 24.7 Å².